The quantitative estimate of drug-likeness (QED) is 0.730. The first kappa shape index (κ1) is 17.2. The van der Waals surface area contributed by atoms with Crippen LogP contribution in [0.1, 0.15) is 40.4 Å². The Kier molecular flexibility index (Phi) is 4.59. The SMILES string of the molecule is CNC(=O)Cc1ccc(NC(=O)c2cc(C3CC3)nc3ccccc23)cc1. The van der Waals surface area contributed by atoms with Crippen LogP contribution in [0.4, 0.5) is 5.69 Å². The van der Waals surface area contributed by atoms with Gasteiger partial charge in [-0.1, -0.05) is 30.3 Å². The number of anilines is 1. The Hall–Kier alpha value is -3.21. The molecular weight excluding hydrogens is 338 g/mol. The van der Waals surface area contributed by atoms with Crippen molar-refractivity contribution in [3.63, 3.8) is 0 Å². The van der Waals surface area contributed by atoms with Gasteiger partial charge in [0.25, 0.3) is 5.91 Å². The van der Waals surface area contributed by atoms with Gasteiger partial charge in [-0.05, 0) is 42.7 Å². The lowest BCUT2D eigenvalue weighted by Crippen LogP contribution is -2.19. The fourth-order valence-electron chi connectivity index (χ4n) is 3.15. The van der Waals surface area contributed by atoms with Crippen LogP contribution in [-0.4, -0.2) is 23.8 Å². The van der Waals surface area contributed by atoms with Gasteiger partial charge in [0.2, 0.25) is 5.91 Å². The number of aromatic nitrogens is 1. The van der Waals surface area contributed by atoms with E-state index in [0.29, 0.717) is 23.6 Å². The number of benzene rings is 2. The number of hydrogen-bond donors (Lipinski definition) is 2. The van der Waals surface area contributed by atoms with E-state index in [9.17, 15) is 9.59 Å². The number of carbonyl (C=O) groups excluding carboxylic acids is 2. The van der Waals surface area contributed by atoms with E-state index < -0.39 is 0 Å². The molecule has 1 heterocycles. The van der Waals surface area contributed by atoms with Gasteiger partial charge < -0.3 is 10.6 Å². The number of rotatable bonds is 5. The summed E-state index contributed by atoms with van der Waals surface area (Å²) in [6.45, 7) is 0. The number of amides is 2. The molecule has 1 aliphatic carbocycles. The monoisotopic (exact) mass is 359 g/mol. The summed E-state index contributed by atoms with van der Waals surface area (Å²) < 4.78 is 0. The molecule has 4 rings (SSSR count). The first-order valence-electron chi connectivity index (χ1n) is 9.14. The molecule has 0 spiro atoms. The standard InChI is InChI=1S/C22H21N3O2/c1-23-21(26)12-14-6-10-16(11-7-14)24-22(27)18-13-20(15-8-9-15)25-19-5-3-2-4-17(18)19/h2-7,10-11,13,15H,8-9,12H2,1H3,(H,23,26)(H,24,27). The molecule has 0 bridgehead atoms. The van der Waals surface area contributed by atoms with E-state index in [1.54, 1.807) is 7.05 Å². The van der Waals surface area contributed by atoms with E-state index in [0.717, 1.165) is 35.0 Å². The number of para-hydroxylation sites is 1. The van der Waals surface area contributed by atoms with Crippen LogP contribution < -0.4 is 10.6 Å². The number of likely N-dealkylation sites (N-methyl/N-ethyl adjacent to an activating group) is 1. The molecule has 27 heavy (non-hydrogen) atoms. The predicted molar refractivity (Wildman–Crippen MR) is 106 cm³/mol. The van der Waals surface area contributed by atoms with Crippen molar-refractivity contribution in [3.8, 4) is 0 Å². The van der Waals surface area contributed by atoms with Gasteiger partial charge in [-0.2, -0.15) is 0 Å². The van der Waals surface area contributed by atoms with Crippen molar-refractivity contribution in [1.82, 2.24) is 10.3 Å². The van der Waals surface area contributed by atoms with Crippen LogP contribution in [0.5, 0.6) is 0 Å². The number of hydrogen-bond acceptors (Lipinski definition) is 3. The molecule has 0 aliphatic heterocycles. The van der Waals surface area contributed by atoms with Gasteiger partial charge in [0.15, 0.2) is 0 Å². The average molecular weight is 359 g/mol. The minimum Gasteiger partial charge on any atom is -0.359 e. The van der Waals surface area contributed by atoms with Crippen molar-refractivity contribution in [2.45, 2.75) is 25.2 Å². The maximum absolute atomic E-state index is 12.9. The summed E-state index contributed by atoms with van der Waals surface area (Å²) in [5, 5.41) is 6.42. The molecule has 136 valence electrons. The molecule has 0 unspecified atom stereocenters. The highest BCUT2D eigenvalue weighted by molar-refractivity contribution is 6.12. The van der Waals surface area contributed by atoms with Crippen molar-refractivity contribution in [1.29, 1.82) is 0 Å². The van der Waals surface area contributed by atoms with Gasteiger partial charge in [0.05, 0.1) is 17.5 Å². The third-order valence-corrected chi connectivity index (χ3v) is 4.83. The summed E-state index contributed by atoms with van der Waals surface area (Å²) in [5.74, 6) is 0.294. The molecule has 5 nitrogen and oxygen atoms in total. The highest BCUT2D eigenvalue weighted by atomic mass is 16.2. The van der Waals surface area contributed by atoms with Crippen LogP contribution >= 0.6 is 0 Å². The second-order valence-corrected chi connectivity index (χ2v) is 6.89. The summed E-state index contributed by atoms with van der Waals surface area (Å²) in [5.41, 5.74) is 4.11. The Morgan fingerprint density at radius 1 is 1.07 bits per heavy atom. The van der Waals surface area contributed by atoms with Gasteiger partial charge in [0, 0.05) is 29.7 Å². The number of nitrogens with zero attached hydrogens (tertiary/aromatic N) is 1. The van der Waals surface area contributed by atoms with Crippen LogP contribution in [0, 0.1) is 0 Å². The van der Waals surface area contributed by atoms with Gasteiger partial charge in [-0.25, -0.2) is 0 Å². The van der Waals surface area contributed by atoms with Gasteiger partial charge in [-0.3, -0.25) is 14.6 Å². The molecule has 0 atom stereocenters. The van der Waals surface area contributed by atoms with E-state index in [4.69, 9.17) is 4.98 Å². The highest BCUT2D eigenvalue weighted by Gasteiger charge is 2.26. The van der Waals surface area contributed by atoms with Crippen molar-refractivity contribution in [2.75, 3.05) is 12.4 Å². The fourth-order valence-corrected chi connectivity index (χ4v) is 3.15. The third kappa shape index (κ3) is 3.82. The van der Waals surface area contributed by atoms with Crippen LogP contribution in [0.3, 0.4) is 0 Å². The maximum atomic E-state index is 12.9. The molecule has 0 radical (unpaired) electrons. The summed E-state index contributed by atoms with van der Waals surface area (Å²) in [6.07, 6.45) is 2.60. The number of carbonyl (C=O) groups is 2. The Morgan fingerprint density at radius 3 is 2.52 bits per heavy atom. The van der Waals surface area contributed by atoms with Gasteiger partial charge in [-0.15, -0.1) is 0 Å². The minimum absolute atomic E-state index is 0.0392. The van der Waals surface area contributed by atoms with Crippen LogP contribution in [0.15, 0.2) is 54.6 Å². The second-order valence-electron chi connectivity index (χ2n) is 6.89. The van der Waals surface area contributed by atoms with E-state index >= 15 is 0 Å². The van der Waals surface area contributed by atoms with E-state index in [2.05, 4.69) is 10.6 Å². The topological polar surface area (TPSA) is 71.1 Å². The average Bonchev–Trinajstić information content (AvgIpc) is 3.54. The minimum atomic E-state index is -0.144. The molecule has 5 heteroatoms. The highest BCUT2D eigenvalue weighted by Crippen LogP contribution is 2.40. The Bertz CT molecular complexity index is 1010. The van der Waals surface area contributed by atoms with Crippen molar-refractivity contribution in [3.05, 3.63) is 71.4 Å². The summed E-state index contributed by atoms with van der Waals surface area (Å²) in [7, 11) is 1.62. The first-order valence-corrected chi connectivity index (χ1v) is 9.14. The lowest BCUT2D eigenvalue weighted by atomic mass is 10.0. The van der Waals surface area contributed by atoms with E-state index in [1.165, 1.54) is 0 Å². The third-order valence-electron chi connectivity index (χ3n) is 4.83. The largest absolute Gasteiger partial charge is 0.359 e. The Labute approximate surface area is 157 Å². The van der Waals surface area contributed by atoms with Crippen LogP contribution in [0.25, 0.3) is 10.9 Å². The van der Waals surface area contributed by atoms with Gasteiger partial charge >= 0.3 is 0 Å². The molecule has 0 saturated heterocycles. The predicted octanol–water partition coefficient (Wildman–Crippen LogP) is 3.65. The lowest BCUT2D eigenvalue weighted by molar-refractivity contribution is -0.119. The van der Waals surface area contributed by atoms with Crippen molar-refractivity contribution < 1.29 is 9.59 Å². The van der Waals surface area contributed by atoms with Crippen LogP contribution in [-0.2, 0) is 11.2 Å². The lowest BCUT2D eigenvalue weighted by Gasteiger charge is -2.11. The second kappa shape index (κ2) is 7.19. The molecular formula is C22H21N3O2. The maximum Gasteiger partial charge on any atom is 0.256 e. The Morgan fingerprint density at radius 2 is 1.81 bits per heavy atom. The zero-order valence-corrected chi connectivity index (χ0v) is 15.2. The molecule has 1 aliphatic rings. The smallest absolute Gasteiger partial charge is 0.256 e. The van der Waals surface area contributed by atoms with E-state index in [-0.39, 0.29) is 11.8 Å². The zero-order valence-electron chi connectivity index (χ0n) is 15.2. The molecule has 2 aromatic carbocycles. The normalized spacial score (nSPS) is 13.4. The fraction of sp³-hybridized carbons (Fsp3) is 0.227. The summed E-state index contributed by atoms with van der Waals surface area (Å²) in [4.78, 5) is 29.1. The summed E-state index contributed by atoms with van der Waals surface area (Å²) >= 11 is 0. The molecule has 1 saturated carbocycles. The first-order chi connectivity index (χ1) is 13.1. The number of nitrogens with one attached hydrogen (secondary N) is 2. The molecule has 3 aromatic rings. The Balaban J connectivity index is 1.58. The molecule has 1 fully saturated rings. The van der Waals surface area contributed by atoms with Crippen LogP contribution in [0.2, 0.25) is 0 Å². The van der Waals surface area contributed by atoms with Gasteiger partial charge in [0.1, 0.15) is 0 Å². The molecule has 2 amide bonds. The van der Waals surface area contributed by atoms with Crippen molar-refractivity contribution in [2.24, 2.45) is 0 Å². The van der Waals surface area contributed by atoms with E-state index in [1.807, 2.05) is 54.6 Å². The zero-order chi connectivity index (χ0) is 18.8. The summed E-state index contributed by atoms with van der Waals surface area (Å²) in [6, 6.07) is 17.0. The molecule has 1 aromatic heterocycles. The number of pyridine rings is 1. The number of fused-ring (bicyclic) bond motifs is 1. The molecule has 2 N–H and O–H groups in total. The van der Waals surface area contributed by atoms with Crippen molar-refractivity contribution >= 4 is 28.4 Å².